The van der Waals surface area contributed by atoms with Crippen molar-refractivity contribution in [1.29, 1.82) is 0 Å². The number of halogens is 13. The van der Waals surface area contributed by atoms with Gasteiger partial charge in [0, 0.05) is 83.9 Å². The Balaban J connectivity index is 0.000000194. The van der Waals surface area contributed by atoms with E-state index in [1.807, 2.05) is 129 Å². The van der Waals surface area contributed by atoms with E-state index in [1.165, 1.54) is 54.6 Å². The van der Waals surface area contributed by atoms with Crippen LogP contribution < -0.4 is 37.2 Å². The summed E-state index contributed by atoms with van der Waals surface area (Å²) in [5, 5.41) is 88.6. The Morgan fingerprint density at radius 3 is 0.726 bits per heavy atom. The van der Waals surface area contributed by atoms with Gasteiger partial charge in [-0.05, 0) is 313 Å². The van der Waals surface area contributed by atoms with Crippen molar-refractivity contribution in [3.63, 3.8) is 0 Å². The second kappa shape index (κ2) is 50.4. The van der Waals surface area contributed by atoms with Crippen molar-refractivity contribution in [2.24, 2.45) is 0 Å². The maximum absolute atomic E-state index is 13.0. The van der Waals surface area contributed by atoms with Crippen molar-refractivity contribution in [3.8, 4) is 40.2 Å². The number of amides is 7. The Kier molecular flexibility index (Phi) is 40.3. The molecule has 0 atom stereocenters. The number of hydrogen-bond donors (Lipinski definition) is 14. The second-order valence-electron chi connectivity index (χ2n) is 30.2. The normalized spacial score (nSPS) is 10.3. The first-order chi connectivity index (χ1) is 63.5. The molecule has 0 aliphatic rings. The predicted octanol–water partition coefficient (Wildman–Crippen LogP) is 29.5. The van der Waals surface area contributed by atoms with Gasteiger partial charge in [-0.25, -0.2) is 8.78 Å². The molecule has 0 aromatic heterocycles. The third-order valence-electron chi connectivity index (χ3n) is 18.3. The van der Waals surface area contributed by atoms with E-state index in [2.05, 4.69) is 101 Å². The number of aryl methyl sites for hydroxylation is 10. The van der Waals surface area contributed by atoms with Crippen LogP contribution in [-0.4, -0.2) is 77.1 Å². The third-order valence-corrected chi connectivity index (χ3v) is 21.9. The number of hydrogen-bond acceptors (Lipinski definition) is 14. The lowest BCUT2D eigenvalue weighted by molar-refractivity contribution is 0.101. The fourth-order valence-corrected chi connectivity index (χ4v) is 16.8. The van der Waals surface area contributed by atoms with E-state index in [9.17, 15) is 78.1 Å². The maximum atomic E-state index is 13.0. The van der Waals surface area contributed by atoms with Crippen LogP contribution in [-0.2, 0) is 0 Å². The van der Waals surface area contributed by atoms with E-state index in [4.69, 9.17) is 81.2 Å². The Labute approximate surface area is 845 Å². The number of carbonyl (C=O) groups excluding carboxylic acids is 7. The molecule has 698 valence electrons. The number of rotatable bonds is 14. The van der Waals surface area contributed by atoms with E-state index in [1.54, 1.807) is 110 Å². The van der Waals surface area contributed by atoms with Gasteiger partial charge < -0.3 is 73.0 Å². The number of phenolic OH excluding ortho intramolecular Hbond substituents is 7. The quantitative estimate of drug-likeness (QED) is 0.0481. The van der Waals surface area contributed by atoms with Crippen LogP contribution in [0, 0.1) is 80.9 Å². The molecule has 135 heavy (non-hydrogen) atoms. The first kappa shape index (κ1) is 108. The van der Waals surface area contributed by atoms with E-state index in [0.717, 1.165) is 91.3 Å². The molecule has 0 aliphatic carbocycles. The SMILES string of the molecule is Cc1cc(C)cc(NC(=O)c2cc(Cl)cc(Cl)c2O)c1.Cc1cc(C)cc(NC(=O)c2ccc(C)cc2O)c1.Cc1cc(C)cc(NC(=O)c2cccc(Cl)c2O)c1.Cc1ccc(C(=O)Nc2cc(Br)cc(Br)c2)c(O)c1.Cc1ccc(C(=O)Nc2cc(Cl)cc(Cl)c2)c(O)c1.Cc1ccc(C(=O)Nc2cc(F)cc(F)c2)c(O)c1.O=C(Nc1cc(Br)cc(Br)c1)c1cc(Cl)cc(Cl)c1O. The van der Waals surface area contributed by atoms with Crippen LogP contribution in [0.5, 0.6) is 40.2 Å². The Hall–Kier alpha value is -12.2. The molecule has 7 amide bonds. The molecule has 0 fully saturated rings. The highest BCUT2D eigenvalue weighted by atomic mass is 79.9. The molecule has 0 spiro atoms. The van der Waals surface area contributed by atoms with Crippen molar-refractivity contribution < 1.29 is 78.1 Å². The van der Waals surface area contributed by atoms with Gasteiger partial charge in [-0.15, -0.1) is 0 Å². The lowest BCUT2D eigenvalue weighted by Gasteiger charge is -2.10. The molecule has 0 bridgehead atoms. The Morgan fingerprint density at radius 1 is 0.222 bits per heavy atom. The summed E-state index contributed by atoms with van der Waals surface area (Å²) in [6.45, 7) is 19.1. The van der Waals surface area contributed by atoms with Crippen LogP contribution in [0.25, 0.3) is 0 Å². The summed E-state index contributed by atoms with van der Waals surface area (Å²) < 4.78 is 29.3. The minimum absolute atomic E-state index is 0.00174. The molecule has 0 heterocycles. The highest BCUT2D eigenvalue weighted by Gasteiger charge is 2.22. The fraction of sp³-hybridized carbons (Fsp3) is 0.0990. The van der Waals surface area contributed by atoms with Gasteiger partial charge in [0.05, 0.1) is 54.0 Å². The highest BCUT2D eigenvalue weighted by Crippen LogP contribution is 2.37. The zero-order chi connectivity index (χ0) is 99.7. The lowest BCUT2D eigenvalue weighted by Crippen LogP contribution is -2.12. The number of carbonyl (C=O) groups is 7. The molecule has 0 saturated heterocycles. The van der Waals surface area contributed by atoms with Crippen LogP contribution in [0.1, 0.15) is 128 Å². The second-order valence-corrected chi connectivity index (χ2v) is 36.9. The van der Waals surface area contributed by atoms with Gasteiger partial charge in [-0.2, -0.15) is 0 Å². The van der Waals surface area contributed by atoms with Gasteiger partial charge in [0.15, 0.2) is 0 Å². The summed E-state index contributed by atoms with van der Waals surface area (Å²) in [5.41, 5.74) is 14.6. The van der Waals surface area contributed by atoms with Gasteiger partial charge >= 0.3 is 0 Å². The minimum atomic E-state index is -0.788. The van der Waals surface area contributed by atoms with E-state index in [0.29, 0.717) is 49.6 Å². The number of benzene rings is 14. The summed E-state index contributed by atoms with van der Waals surface area (Å²) >= 11 is 54.1. The van der Waals surface area contributed by atoms with Crippen LogP contribution in [0.4, 0.5) is 48.6 Å². The molecule has 0 aliphatic heterocycles. The summed E-state index contributed by atoms with van der Waals surface area (Å²) in [6, 6.07) is 64.9. The summed E-state index contributed by atoms with van der Waals surface area (Å²) in [4.78, 5) is 84.4. The molecule has 21 nitrogen and oxygen atoms in total. The van der Waals surface area contributed by atoms with E-state index < -0.39 is 35.3 Å². The van der Waals surface area contributed by atoms with E-state index >= 15 is 0 Å². The number of nitrogens with one attached hydrogen (secondary N) is 7. The molecule has 0 radical (unpaired) electrons. The molecule has 14 rings (SSSR count). The summed E-state index contributed by atoms with van der Waals surface area (Å²) in [5.74, 6) is -5.69. The predicted molar refractivity (Wildman–Crippen MR) is 551 cm³/mol. The monoisotopic (exact) mass is 2220 g/mol. The zero-order valence-corrected chi connectivity index (χ0v) is 84.6. The van der Waals surface area contributed by atoms with Crippen molar-refractivity contribution in [3.05, 3.63) is 402 Å². The molecule has 14 aromatic carbocycles. The largest absolute Gasteiger partial charge is 0.507 e. The van der Waals surface area contributed by atoms with Crippen molar-refractivity contribution >= 4 is 226 Å². The standard InChI is InChI=1S/C16H17NO2.C15H13Cl2NO2.C15H14ClNO2.C14H11Br2NO2.C14H11Cl2NO2.C14H11F2NO2.C13H7Br2Cl2NO2/c1-10-4-5-14(15(18)9-10)16(19)17-13-7-11(2)6-12(3)8-13;1-8-3-9(2)5-11(4-8)18-15(20)12-6-10(16)7-13(17)14(12)19;1-9-6-10(2)8-11(7-9)17-15(19)12-4-3-5-13(16)14(12)18;3*1-8-2-3-12(13(18)4-8)14(19)17-11-6-9(15)5-10(16)7-11;14-6-1-7(15)3-9(2-6)18-13(20)10-4-8(16)5-11(17)12(10)19/h4-9,18H,1-3H3,(H,17,19);3-7,19H,1-2H3,(H,18,20);3-8,18H,1-2H3,(H,17,19);3*2-7,18H,1H3,(H,17,19);1-5,19H,(H,18,20). The van der Waals surface area contributed by atoms with Gasteiger partial charge in [-0.1, -0.05) is 193 Å². The van der Waals surface area contributed by atoms with Gasteiger partial charge in [0.1, 0.15) is 51.9 Å². The molecular weight excluding hydrogens is 2140 g/mol. The number of anilines is 7. The average molecular weight is 2230 g/mol. The fourth-order valence-electron chi connectivity index (χ4n) is 12.5. The number of phenols is 7. The highest BCUT2D eigenvalue weighted by molar-refractivity contribution is 9.11. The molecule has 14 N–H and O–H groups in total. The minimum Gasteiger partial charge on any atom is -0.507 e. The summed E-state index contributed by atoms with van der Waals surface area (Å²) in [7, 11) is 0. The number of aromatic hydroxyl groups is 7. The average Bonchev–Trinajstić information content (AvgIpc) is 0.819. The smallest absolute Gasteiger partial charge is 0.259 e. The van der Waals surface area contributed by atoms with Crippen LogP contribution in [0.2, 0.25) is 35.2 Å². The van der Waals surface area contributed by atoms with Crippen LogP contribution >= 0.6 is 145 Å². The van der Waals surface area contributed by atoms with Crippen LogP contribution in [0.3, 0.4) is 0 Å². The zero-order valence-electron chi connectivity index (χ0n) is 73.0. The van der Waals surface area contributed by atoms with Crippen molar-refractivity contribution in [1.82, 2.24) is 0 Å². The maximum Gasteiger partial charge on any atom is 0.259 e. The Bertz CT molecular complexity index is 6130. The van der Waals surface area contributed by atoms with Gasteiger partial charge in [0.25, 0.3) is 41.4 Å². The molecule has 34 heteroatoms. The molecular formula is C101H84Br4Cl7F2N7O14. The molecule has 14 aromatic rings. The van der Waals surface area contributed by atoms with Crippen LogP contribution in [0.15, 0.2) is 261 Å². The Morgan fingerprint density at radius 2 is 0.452 bits per heavy atom. The molecule has 0 saturated carbocycles. The van der Waals surface area contributed by atoms with Gasteiger partial charge in [-0.3, -0.25) is 33.6 Å². The number of para-hydroxylation sites is 1. The van der Waals surface area contributed by atoms with Crippen molar-refractivity contribution in [2.75, 3.05) is 37.2 Å². The van der Waals surface area contributed by atoms with Crippen molar-refractivity contribution in [2.45, 2.75) is 69.2 Å². The topological polar surface area (TPSA) is 345 Å². The van der Waals surface area contributed by atoms with Gasteiger partial charge in [0.2, 0.25) is 0 Å². The molecule has 0 unspecified atom stereocenters. The first-order valence-electron chi connectivity index (χ1n) is 39.8. The third kappa shape index (κ3) is 34.3. The van der Waals surface area contributed by atoms with E-state index in [-0.39, 0.29) is 123 Å². The lowest BCUT2D eigenvalue weighted by atomic mass is 10.1. The summed E-state index contributed by atoms with van der Waals surface area (Å²) in [6.07, 6.45) is 0. The first-order valence-corrected chi connectivity index (χ1v) is 45.6.